The van der Waals surface area contributed by atoms with E-state index in [0.717, 1.165) is 21.9 Å². The van der Waals surface area contributed by atoms with Crippen LogP contribution >= 0.6 is 0 Å². The Morgan fingerprint density at radius 3 is 2.00 bits per heavy atom. The third-order valence-corrected chi connectivity index (χ3v) is 3.08. The maximum Gasteiger partial charge on any atom is 0.123 e. The van der Waals surface area contributed by atoms with Crippen LogP contribution < -0.4 is 0 Å². The van der Waals surface area contributed by atoms with E-state index in [2.05, 4.69) is 0 Å². The van der Waals surface area contributed by atoms with Crippen LogP contribution in [0.15, 0.2) is 60.7 Å². The van der Waals surface area contributed by atoms with Gasteiger partial charge in [0.05, 0.1) is 0 Å². The Morgan fingerprint density at radius 1 is 0.611 bits per heavy atom. The maximum absolute atomic E-state index is 9.85. The van der Waals surface area contributed by atoms with Gasteiger partial charge in [0, 0.05) is 5.39 Å². The molecule has 0 heterocycles. The molecule has 0 saturated heterocycles. The fourth-order valence-electron chi connectivity index (χ4n) is 2.18. The van der Waals surface area contributed by atoms with E-state index in [4.69, 9.17) is 0 Å². The molecule has 0 aliphatic heterocycles. The Hall–Kier alpha value is -2.48. The van der Waals surface area contributed by atoms with Crippen molar-refractivity contribution >= 4 is 10.8 Å². The number of hydrogen-bond donors (Lipinski definition) is 2. The lowest BCUT2D eigenvalue weighted by Crippen LogP contribution is -1.81. The van der Waals surface area contributed by atoms with Crippen molar-refractivity contribution in [1.29, 1.82) is 0 Å². The lowest BCUT2D eigenvalue weighted by atomic mass is 9.98. The summed E-state index contributed by atoms with van der Waals surface area (Å²) in [7, 11) is 0. The van der Waals surface area contributed by atoms with E-state index in [1.807, 2.05) is 42.5 Å². The third kappa shape index (κ3) is 1.68. The summed E-state index contributed by atoms with van der Waals surface area (Å²) in [5, 5.41) is 21.0. The minimum atomic E-state index is 0.252. The summed E-state index contributed by atoms with van der Waals surface area (Å²) in [4.78, 5) is 0. The number of phenols is 2. The highest BCUT2D eigenvalue weighted by atomic mass is 16.3. The van der Waals surface area contributed by atoms with E-state index in [-0.39, 0.29) is 11.5 Å². The second kappa shape index (κ2) is 4.08. The van der Waals surface area contributed by atoms with Crippen LogP contribution in [0.4, 0.5) is 0 Å². The van der Waals surface area contributed by atoms with Crippen LogP contribution in [0, 0.1) is 0 Å². The summed E-state index contributed by atoms with van der Waals surface area (Å²) in [6, 6.07) is 18.4. The second-order valence-corrected chi connectivity index (χ2v) is 4.22. The SMILES string of the molecule is Oc1ccc(-c2ccc(O)c3ccccc23)cc1. The van der Waals surface area contributed by atoms with Gasteiger partial charge >= 0.3 is 0 Å². The summed E-state index contributed by atoms with van der Waals surface area (Å²) >= 11 is 0. The van der Waals surface area contributed by atoms with E-state index in [9.17, 15) is 10.2 Å². The molecule has 0 radical (unpaired) electrons. The zero-order valence-electron chi connectivity index (χ0n) is 9.67. The quantitative estimate of drug-likeness (QED) is 0.672. The molecule has 2 heteroatoms. The average molecular weight is 236 g/mol. The van der Waals surface area contributed by atoms with Gasteiger partial charge in [0.2, 0.25) is 0 Å². The first-order valence-corrected chi connectivity index (χ1v) is 5.76. The van der Waals surface area contributed by atoms with Crippen molar-refractivity contribution in [2.45, 2.75) is 0 Å². The molecule has 0 aliphatic carbocycles. The molecule has 0 aliphatic rings. The number of rotatable bonds is 1. The van der Waals surface area contributed by atoms with E-state index in [0.29, 0.717) is 0 Å². The summed E-state index contributed by atoms with van der Waals surface area (Å²) in [5.41, 5.74) is 2.06. The van der Waals surface area contributed by atoms with Gasteiger partial charge in [-0.1, -0.05) is 42.5 Å². The first kappa shape index (κ1) is 10.7. The minimum Gasteiger partial charge on any atom is -0.508 e. The molecule has 0 fully saturated rings. The van der Waals surface area contributed by atoms with Gasteiger partial charge in [0.25, 0.3) is 0 Å². The normalized spacial score (nSPS) is 10.7. The lowest BCUT2D eigenvalue weighted by Gasteiger charge is -2.08. The molecule has 0 saturated carbocycles. The number of phenolic OH excluding ortho intramolecular Hbond substituents is 2. The zero-order chi connectivity index (χ0) is 12.5. The monoisotopic (exact) mass is 236 g/mol. The minimum absolute atomic E-state index is 0.252. The highest BCUT2D eigenvalue weighted by molar-refractivity contribution is 5.99. The van der Waals surface area contributed by atoms with Crippen LogP contribution in [-0.4, -0.2) is 10.2 Å². The first-order chi connectivity index (χ1) is 8.75. The lowest BCUT2D eigenvalue weighted by molar-refractivity contribution is 0.475. The second-order valence-electron chi connectivity index (χ2n) is 4.22. The van der Waals surface area contributed by atoms with Gasteiger partial charge < -0.3 is 10.2 Å². The van der Waals surface area contributed by atoms with Gasteiger partial charge in [-0.25, -0.2) is 0 Å². The molecule has 0 bridgehead atoms. The Bertz CT molecular complexity index is 700. The van der Waals surface area contributed by atoms with Crippen LogP contribution in [0.3, 0.4) is 0 Å². The average Bonchev–Trinajstić information content (AvgIpc) is 2.41. The van der Waals surface area contributed by atoms with Gasteiger partial charge in [0.15, 0.2) is 0 Å². The Kier molecular flexibility index (Phi) is 2.41. The molecule has 0 spiro atoms. The Morgan fingerprint density at radius 2 is 1.28 bits per heavy atom. The molecular weight excluding hydrogens is 224 g/mol. The molecular formula is C16H12O2. The van der Waals surface area contributed by atoms with Crippen LogP contribution in [0.2, 0.25) is 0 Å². The molecule has 2 N–H and O–H groups in total. The highest BCUT2D eigenvalue weighted by Gasteiger charge is 2.06. The van der Waals surface area contributed by atoms with Gasteiger partial charge in [-0.05, 0) is 34.7 Å². The summed E-state index contributed by atoms with van der Waals surface area (Å²) < 4.78 is 0. The van der Waals surface area contributed by atoms with Crippen LogP contribution in [0.1, 0.15) is 0 Å². The van der Waals surface area contributed by atoms with Gasteiger partial charge in [-0.2, -0.15) is 0 Å². The van der Waals surface area contributed by atoms with E-state index in [1.54, 1.807) is 18.2 Å². The van der Waals surface area contributed by atoms with Crippen molar-refractivity contribution in [1.82, 2.24) is 0 Å². The van der Waals surface area contributed by atoms with E-state index in [1.165, 1.54) is 0 Å². The van der Waals surface area contributed by atoms with Gasteiger partial charge in [0.1, 0.15) is 11.5 Å². The number of benzene rings is 3. The van der Waals surface area contributed by atoms with Gasteiger partial charge in [-0.3, -0.25) is 0 Å². The largest absolute Gasteiger partial charge is 0.508 e. The summed E-state index contributed by atoms with van der Waals surface area (Å²) in [6.07, 6.45) is 0. The maximum atomic E-state index is 9.85. The summed E-state index contributed by atoms with van der Waals surface area (Å²) in [5.74, 6) is 0.537. The molecule has 3 rings (SSSR count). The van der Waals surface area contributed by atoms with Crippen molar-refractivity contribution in [3.05, 3.63) is 60.7 Å². The van der Waals surface area contributed by atoms with Crippen molar-refractivity contribution in [3.8, 4) is 22.6 Å². The smallest absolute Gasteiger partial charge is 0.123 e. The molecule has 2 nitrogen and oxygen atoms in total. The molecule has 0 aromatic heterocycles. The van der Waals surface area contributed by atoms with Crippen molar-refractivity contribution in [3.63, 3.8) is 0 Å². The Balaban J connectivity index is 2.30. The topological polar surface area (TPSA) is 40.5 Å². The predicted molar refractivity (Wildman–Crippen MR) is 72.7 cm³/mol. The number of hydrogen-bond acceptors (Lipinski definition) is 2. The van der Waals surface area contributed by atoms with E-state index >= 15 is 0 Å². The Labute approximate surface area is 105 Å². The van der Waals surface area contributed by atoms with Crippen LogP contribution in [0.25, 0.3) is 21.9 Å². The molecule has 88 valence electrons. The van der Waals surface area contributed by atoms with Crippen molar-refractivity contribution in [2.75, 3.05) is 0 Å². The fraction of sp³-hybridized carbons (Fsp3) is 0. The van der Waals surface area contributed by atoms with E-state index < -0.39 is 0 Å². The fourth-order valence-corrected chi connectivity index (χ4v) is 2.18. The predicted octanol–water partition coefficient (Wildman–Crippen LogP) is 3.92. The molecule has 0 atom stereocenters. The number of fused-ring (bicyclic) bond motifs is 1. The van der Waals surface area contributed by atoms with Crippen molar-refractivity contribution < 1.29 is 10.2 Å². The standard InChI is InChI=1S/C16H12O2/c17-12-7-5-11(6-8-12)13-9-10-16(18)15-4-2-1-3-14(13)15/h1-10,17-18H. The third-order valence-electron chi connectivity index (χ3n) is 3.08. The molecule has 18 heavy (non-hydrogen) atoms. The number of aromatic hydroxyl groups is 2. The summed E-state index contributed by atoms with van der Waals surface area (Å²) in [6.45, 7) is 0. The molecule has 3 aromatic carbocycles. The first-order valence-electron chi connectivity index (χ1n) is 5.76. The zero-order valence-corrected chi connectivity index (χ0v) is 9.67. The highest BCUT2D eigenvalue weighted by Crippen LogP contribution is 2.34. The van der Waals surface area contributed by atoms with Crippen LogP contribution in [0.5, 0.6) is 11.5 Å². The van der Waals surface area contributed by atoms with Gasteiger partial charge in [-0.15, -0.1) is 0 Å². The van der Waals surface area contributed by atoms with Crippen molar-refractivity contribution in [2.24, 2.45) is 0 Å². The molecule has 0 amide bonds. The van der Waals surface area contributed by atoms with Crippen LogP contribution in [-0.2, 0) is 0 Å². The molecule has 0 unspecified atom stereocenters. The molecule has 3 aromatic rings.